The summed E-state index contributed by atoms with van der Waals surface area (Å²) in [6.45, 7) is 7.22. The van der Waals surface area contributed by atoms with E-state index in [2.05, 4.69) is 64.3 Å². The molecular weight excluding hydrogens is 342 g/mol. The zero-order valence-electron chi connectivity index (χ0n) is 13.5. The number of aryl methyl sites for hydroxylation is 1. The first kappa shape index (κ1) is 17.0. The summed E-state index contributed by atoms with van der Waals surface area (Å²) < 4.78 is 6.79. The fourth-order valence-electron chi connectivity index (χ4n) is 2.07. The zero-order chi connectivity index (χ0) is 16.0. The van der Waals surface area contributed by atoms with Crippen molar-refractivity contribution in [2.45, 2.75) is 51.9 Å². The summed E-state index contributed by atoms with van der Waals surface area (Å²) >= 11 is 3.47. The van der Waals surface area contributed by atoms with Gasteiger partial charge >= 0.3 is 0 Å². The van der Waals surface area contributed by atoms with Gasteiger partial charge in [0.2, 0.25) is 11.8 Å². The molecule has 0 spiro atoms. The Hall–Kier alpha value is -1.36. The third kappa shape index (κ3) is 5.44. The summed E-state index contributed by atoms with van der Waals surface area (Å²) in [5, 5.41) is 11.7. The van der Waals surface area contributed by atoms with E-state index in [4.69, 9.17) is 4.42 Å². The lowest BCUT2D eigenvalue weighted by Crippen LogP contribution is -2.11. The number of aromatic nitrogens is 2. The zero-order valence-corrected chi connectivity index (χ0v) is 15.1. The fourth-order valence-corrected chi connectivity index (χ4v) is 2.47. The van der Waals surface area contributed by atoms with Crippen molar-refractivity contribution in [3.05, 3.63) is 40.5 Å². The van der Waals surface area contributed by atoms with E-state index < -0.39 is 0 Å². The molecule has 0 saturated carbocycles. The van der Waals surface area contributed by atoms with E-state index in [1.807, 2.05) is 12.1 Å². The Labute approximate surface area is 140 Å². The molecule has 2 rings (SSSR count). The highest BCUT2D eigenvalue weighted by Gasteiger charge is 2.21. The number of unbranched alkanes of at least 4 members (excludes halogenated alkanes) is 2. The molecule has 1 aromatic heterocycles. The van der Waals surface area contributed by atoms with Crippen molar-refractivity contribution in [3.63, 3.8) is 0 Å². The quantitative estimate of drug-likeness (QED) is 0.704. The van der Waals surface area contributed by atoms with E-state index in [9.17, 15) is 0 Å². The van der Waals surface area contributed by atoms with Crippen LogP contribution in [0, 0.1) is 0 Å². The van der Waals surface area contributed by atoms with Crippen LogP contribution in [0.2, 0.25) is 0 Å². The smallest absolute Gasteiger partial charge is 0.221 e. The van der Waals surface area contributed by atoms with Gasteiger partial charge in [0, 0.05) is 28.5 Å². The normalized spacial score (nSPS) is 11.6. The Bertz CT molecular complexity index is 590. The van der Waals surface area contributed by atoms with E-state index in [-0.39, 0.29) is 5.41 Å². The number of rotatable bonds is 7. The molecule has 0 saturated heterocycles. The molecule has 0 fully saturated rings. The van der Waals surface area contributed by atoms with Gasteiger partial charge in [0.15, 0.2) is 0 Å². The molecule has 0 atom stereocenters. The van der Waals surface area contributed by atoms with Gasteiger partial charge in [0.25, 0.3) is 0 Å². The van der Waals surface area contributed by atoms with Crippen LogP contribution in [0.25, 0.3) is 0 Å². The van der Waals surface area contributed by atoms with Gasteiger partial charge in [0.05, 0.1) is 0 Å². The number of halogens is 1. The van der Waals surface area contributed by atoms with Crippen molar-refractivity contribution in [2.75, 3.05) is 11.9 Å². The molecule has 4 nitrogen and oxygen atoms in total. The highest BCUT2D eigenvalue weighted by atomic mass is 79.9. The molecule has 0 aliphatic carbocycles. The van der Waals surface area contributed by atoms with Crippen molar-refractivity contribution in [3.8, 4) is 0 Å². The molecule has 0 bridgehead atoms. The van der Waals surface area contributed by atoms with Gasteiger partial charge in [-0.25, -0.2) is 0 Å². The first-order valence-corrected chi connectivity index (χ1v) is 8.57. The summed E-state index contributed by atoms with van der Waals surface area (Å²) in [4.78, 5) is 0. The second-order valence-electron chi connectivity index (χ2n) is 6.50. The highest BCUT2D eigenvalue weighted by molar-refractivity contribution is 9.10. The minimum absolute atomic E-state index is 0.0703. The van der Waals surface area contributed by atoms with Crippen LogP contribution >= 0.6 is 15.9 Å². The first-order valence-electron chi connectivity index (χ1n) is 7.77. The molecule has 5 heteroatoms. The lowest BCUT2D eigenvalue weighted by Gasteiger charge is -2.10. The summed E-state index contributed by atoms with van der Waals surface area (Å²) in [6, 6.07) is 8.24. The standard InChI is InChI=1S/C17H24BrN3O/c1-17(2,3)16-21-20-15(22-16)10-5-4-6-11-19-14-9-7-8-13(18)12-14/h7-9,12,19H,4-6,10-11H2,1-3H3. The summed E-state index contributed by atoms with van der Waals surface area (Å²) in [5.74, 6) is 1.48. The third-order valence-corrected chi connectivity index (χ3v) is 3.82. The molecule has 0 unspecified atom stereocenters. The van der Waals surface area contributed by atoms with E-state index in [1.54, 1.807) is 0 Å². The lowest BCUT2D eigenvalue weighted by molar-refractivity contribution is 0.368. The Morgan fingerprint density at radius 2 is 1.95 bits per heavy atom. The van der Waals surface area contributed by atoms with Crippen LogP contribution in [0.5, 0.6) is 0 Å². The minimum Gasteiger partial charge on any atom is -0.425 e. The van der Waals surface area contributed by atoms with Gasteiger partial charge in [-0.3, -0.25) is 0 Å². The monoisotopic (exact) mass is 365 g/mol. The predicted octanol–water partition coefficient (Wildman–Crippen LogP) is 4.95. The lowest BCUT2D eigenvalue weighted by atomic mass is 9.97. The molecule has 0 radical (unpaired) electrons. The molecule has 120 valence electrons. The van der Waals surface area contributed by atoms with E-state index in [1.165, 1.54) is 0 Å². The van der Waals surface area contributed by atoms with Crippen LogP contribution in [0.15, 0.2) is 33.2 Å². The summed E-state index contributed by atoms with van der Waals surface area (Å²) in [5.41, 5.74) is 1.08. The summed E-state index contributed by atoms with van der Waals surface area (Å²) in [7, 11) is 0. The predicted molar refractivity (Wildman–Crippen MR) is 93.2 cm³/mol. The molecule has 1 aromatic carbocycles. The molecule has 0 aliphatic heterocycles. The van der Waals surface area contributed by atoms with Gasteiger partial charge in [-0.05, 0) is 31.0 Å². The molecule has 0 amide bonds. The first-order chi connectivity index (χ1) is 10.4. The number of hydrogen-bond acceptors (Lipinski definition) is 4. The van der Waals surface area contributed by atoms with E-state index in [0.717, 1.165) is 54.2 Å². The Morgan fingerprint density at radius 3 is 2.64 bits per heavy atom. The van der Waals surface area contributed by atoms with Crippen molar-refractivity contribution in [1.82, 2.24) is 10.2 Å². The van der Waals surface area contributed by atoms with E-state index in [0.29, 0.717) is 0 Å². The average Bonchev–Trinajstić information content (AvgIpc) is 2.91. The van der Waals surface area contributed by atoms with Crippen molar-refractivity contribution >= 4 is 21.6 Å². The highest BCUT2D eigenvalue weighted by Crippen LogP contribution is 2.21. The Kier molecular flexibility index (Phi) is 6.00. The maximum Gasteiger partial charge on any atom is 0.221 e. The van der Waals surface area contributed by atoms with Crippen molar-refractivity contribution < 1.29 is 4.42 Å². The second-order valence-corrected chi connectivity index (χ2v) is 7.41. The van der Waals surface area contributed by atoms with Crippen molar-refractivity contribution in [2.24, 2.45) is 0 Å². The molecular formula is C17H24BrN3O. The van der Waals surface area contributed by atoms with Gasteiger partial charge in [-0.1, -0.05) is 49.2 Å². The van der Waals surface area contributed by atoms with Gasteiger partial charge in [-0.15, -0.1) is 10.2 Å². The van der Waals surface area contributed by atoms with Crippen LogP contribution in [0.3, 0.4) is 0 Å². The maximum atomic E-state index is 5.69. The van der Waals surface area contributed by atoms with Crippen LogP contribution in [0.4, 0.5) is 5.69 Å². The molecule has 2 aromatic rings. The van der Waals surface area contributed by atoms with Gasteiger partial charge < -0.3 is 9.73 Å². The molecule has 1 heterocycles. The average molecular weight is 366 g/mol. The largest absolute Gasteiger partial charge is 0.425 e. The Balaban J connectivity index is 1.62. The number of nitrogens with one attached hydrogen (secondary N) is 1. The Morgan fingerprint density at radius 1 is 1.14 bits per heavy atom. The molecule has 22 heavy (non-hydrogen) atoms. The molecule has 0 aliphatic rings. The fraction of sp³-hybridized carbons (Fsp3) is 0.529. The van der Waals surface area contributed by atoms with Crippen LogP contribution in [-0.4, -0.2) is 16.7 Å². The molecule has 1 N–H and O–H groups in total. The van der Waals surface area contributed by atoms with Crippen LogP contribution in [-0.2, 0) is 11.8 Å². The topological polar surface area (TPSA) is 51.0 Å². The number of hydrogen-bond donors (Lipinski definition) is 1. The van der Waals surface area contributed by atoms with Crippen LogP contribution in [0.1, 0.15) is 51.8 Å². The third-order valence-electron chi connectivity index (χ3n) is 3.33. The van der Waals surface area contributed by atoms with Crippen molar-refractivity contribution in [1.29, 1.82) is 0 Å². The minimum atomic E-state index is -0.0703. The van der Waals surface area contributed by atoms with Crippen LogP contribution < -0.4 is 5.32 Å². The SMILES string of the molecule is CC(C)(C)c1nnc(CCCCCNc2cccc(Br)c2)o1. The number of nitrogens with zero attached hydrogens (tertiary/aromatic N) is 2. The number of anilines is 1. The maximum absolute atomic E-state index is 5.69. The second kappa shape index (κ2) is 7.77. The number of benzene rings is 1. The van der Waals surface area contributed by atoms with Gasteiger partial charge in [0.1, 0.15) is 0 Å². The van der Waals surface area contributed by atoms with E-state index >= 15 is 0 Å². The summed E-state index contributed by atoms with van der Waals surface area (Å²) in [6.07, 6.45) is 4.22. The van der Waals surface area contributed by atoms with Gasteiger partial charge in [-0.2, -0.15) is 0 Å².